The molecule has 2 aromatic heterocycles. The van der Waals surface area contributed by atoms with E-state index in [9.17, 15) is 4.79 Å². The first-order chi connectivity index (χ1) is 10.2. The molecule has 0 aliphatic heterocycles. The minimum atomic E-state index is 0.0514. The number of rotatable bonds is 4. The number of amides is 1. The predicted octanol–water partition coefficient (Wildman–Crippen LogP) is 1.34. The zero-order chi connectivity index (χ0) is 14.7. The van der Waals surface area contributed by atoms with E-state index in [1.54, 1.807) is 18.5 Å². The topological polar surface area (TPSA) is 93.8 Å². The Morgan fingerprint density at radius 2 is 2.19 bits per heavy atom. The van der Waals surface area contributed by atoms with Crippen LogP contribution in [0.1, 0.15) is 25.0 Å². The van der Waals surface area contributed by atoms with E-state index >= 15 is 0 Å². The standard InChI is InChI=1S/C14H17N5OS/c15-10-3-2-9(6-10)13(20)18-7-11-8-21-14(19-11)12-16-4-1-5-17-12/h1,4-5,8-10H,2-3,6-7,15H2,(H,18,20)/t9-,10+/m1/s1. The molecule has 1 fully saturated rings. The van der Waals surface area contributed by atoms with Crippen LogP contribution in [-0.2, 0) is 11.3 Å². The Labute approximate surface area is 126 Å². The van der Waals surface area contributed by atoms with Gasteiger partial charge in [-0.25, -0.2) is 15.0 Å². The monoisotopic (exact) mass is 303 g/mol. The normalized spacial score (nSPS) is 21.4. The fourth-order valence-electron chi connectivity index (χ4n) is 2.48. The fourth-order valence-corrected chi connectivity index (χ4v) is 3.24. The van der Waals surface area contributed by atoms with Gasteiger partial charge in [-0.15, -0.1) is 11.3 Å². The van der Waals surface area contributed by atoms with Crippen LogP contribution in [0.3, 0.4) is 0 Å². The van der Waals surface area contributed by atoms with Crippen molar-refractivity contribution < 1.29 is 4.79 Å². The third-order valence-electron chi connectivity index (χ3n) is 3.60. The van der Waals surface area contributed by atoms with Crippen molar-refractivity contribution in [2.75, 3.05) is 0 Å². The third-order valence-corrected chi connectivity index (χ3v) is 4.48. The van der Waals surface area contributed by atoms with Gasteiger partial charge in [-0.05, 0) is 25.3 Å². The molecular formula is C14H17N5OS. The quantitative estimate of drug-likeness (QED) is 0.889. The lowest BCUT2D eigenvalue weighted by molar-refractivity contribution is -0.125. The molecule has 2 aromatic rings. The maximum absolute atomic E-state index is 12.0. The number of nitrogens with zero attached hydrogens (tertiary/aromatic N) is 3. The van der Waals surface area contributed by atoms with Crippen molar-refractivity contribution in [2.24, 2.45) is 11.7 Å². The van der Waals surface area contributed by atoms with Crippen LogP contribution in [0.5, 0.6) is 0 Å². The number of hydrogen-bond acceptors (Lipinski definition) is 6. The van der Waals surface area contributed by atoms with Gasteiger partial charge in [0.2, 0.25) is 5.91 Å². The number of hydrogen-bond donors (Lipinski definition) is 2. The largest absolute Gasteiger partial charge is 0.350 e. The van der Waals surface area contributed by atoms with E-state index in [0.717, 1.165) is 30.0 Å². The summed E-state index contributed by atoms with van der Waals surface area (Å²) in [5.41, 5.74) is 6.66. The lowest BCUT2D eigenvalue weighted by Gasteiger charge is -2.09. The van der Waals surface area contributed by atoms with E-state index in [1.165, 1.54) is 11.3 Å². The minimum absolute atomic E-state index is 0.0514. The van der Waals surface area contributed by atoms with Gasteiger partial charge in [-0.1, -0.05) is 0 Å². The Bertz CT molecular complexity index is 615. The summed E-state index contributed by atoms with van der Waals surface area (Å²) in [5.74, 6) is 0.742. The van der Waals surface area contributed by atoms with E-state index < -0.39 is 0 Å². The summed E-state index contributed by atoms with van der Waals surface area (Å²) >= 11 is 1.48. The highest BCUT2D eigenvalue weighted by molar-refractivity contribution is 7.13. The molecule has 21 heavy (non-hydrogen) atoms. The van der Waals surface area contributed by atoms with Crippen molar-refractivity contribution in [2.45, 2.75) is 31.8 Å². The number of carbonyl (C=O) groups is 1. The number of aromatic nitrogens is 3. The zero-order valence-corrected chi connectivity index (χ0v) is 12.3. The van der Waals surface area contributed by atoms with Crippen molar-refractivity contribution in [1.82, 2.24) is 20.3 Å². The second-order valence-corrected chi connectivity index (χ2v) is 6.06. The Hall–Kier alpha value is -1.86. The Balaban J connectivity index is 1.57. The molecule has 2 atom stereocenters. The van der Waals surface area contributed by atoms with E-state index in [2.05, 4.69) is 20.3 Å². The summed E-state index contributed by atoms with van der Waals surface area (Å²) in [6.45, 7) is 0.438. The SMILES string of the molecule is N[C@H]1CC[C@@H](C(=O)NCc2csc(-c3ncccn3)n2)C1. The summed E-state index contributed by atoms with van der Waals surface area (Å²) in [5, 5.41) is 5.62. The molecule has 0 unspecified atom stereocenters. The van der Waals surface area contributed by atoms with Crippen LogP contribution in [0.2, 0.25) is 0 Å². The summed E-state index contributed by atoms with van der Waals surface area (Å²) in [6, 6.07) is 1.94. The van der Waals surface area contributed by atoms with Gasteiger partial charge in [0.15, 0.2) is 10.8 Å². The molecule has 1 aliphatic rings. The van der Waals surface area contributed by atoms with Crippen molar-refractivity contribution in [3.05, 3.63) is 29.5 Å². The van der Waals surface area contributed by atoms with Gasteiger partial charge in [-0.3, -0.25) is 4.79 Å². The van der Waals surface area contributed by atoms with Crippen molar-refractivity contribution in [1.29, 1.82) is 0 Å². The van der Waals surface area contributed by atoms with Crippen molar-refractivity contribution in [3.63, 3.8) is 0 Å². The van der Waals surface area contributed by atoms with Gasteiger partial charge in [0.1, 0.15) is 0 Å². The molecular weight excluding hydrogens is 286 g/mol. The number of nitrogens with two attached hydrogens (primary N) is 1. The molecule has 1 saturated carbocycles. The second-order valence-electron chi connectivity index (χ2n) is 5.20. The summed E-state index contributed by atoms with van der Waals surface area (Å²) < 4.78 is 0. The Kier molecular flexibility index (Phi) is 4.21. The highest BCUT2D eigenvalue weighted by Gasteiger charge is 2.27. The third kappa shape index (κ3) is 3.43. The average Bonchev–Trinajstić information content (AvgIpc) is 3.15. The zero-order valence-electron chi connectivity index (χ0n) is 11.5. The fraction of sp³-hybridized carbons (Fsp3) is 0.429. The van der Waals surface area contributed by atoms with E-state index in [-0.39, 0.29) is 17.9 Å². The van der Waals surface area contributed by atoms with Crippen LogP contribution >= 0.6 is 11.3 Å². The smallest absolute Gasteiger partial charge is 0.223 e. The number of thiazole rings is 1. The molecule has 0 aromatic carbocycles. The molecule has 0 spiro atoms. The van der Waals surface area contributed by atoms with Crippen LogP contribution in [0.25, 0.3) is 10.8 Å². The van der Waals surface area contributed by atoms with E-state index in [4.69, 9.17) is 5.73 Å². The number of carbonyl (C=O) groups excluding carboxylic acids is 1. The average molecular weight is 303 g/mol. The van der Waals surface area contributed by atoms with Gasteiger partial charge < -0.3 is 11.1 Å². The molecule has 0 bridgehead atoms. The van der Waals surface area contributed by atoms with Crippen LogP contribution in [0.15, 0.2) is 23.8 Å². The molecule has 110 valence electrons. The lowest BCUT2D eigenvalue weighted by Crippen LogP contribution is -2.30. The lowest BCUT2D eigenvalue weighted by atomic mass is 10.1. The van der Waals surface area contributed by atoms with Gasteiger partial charge in [0.05, 0.1) is 12.2 Å². The Morgan fingerprint density at radius 3 is 2.90 bits per heavy atom. The highest BCUT2D eigenvalue weighted by atomic mass is 32.1. The second kappa shape index (κ2) is 6.28. The van der Waals surface area contributed by atoms with Crippen molar-refractivity contribution >= 4 is 17.2 Å². The molecule has 2 heterocycles. The minimum Gasteiger partial charge on any atom is -0.350 e. The first kappa shape index (κ1) is 14.1. The first-order valence-corrected chi connectivity index (χ1v) is 7.85. The summed E-state index contributed by atoms with van der Waals surface area (Å²) in [4.78, 5) is 24.8. The van der Waals surface area contributed by atoms with Crippen LogP contribution in [-0.4, -0.2) is 26.9 Å². The summed E-state index contributed by atoms with van der Waals surface area (Å²) in [7, 11) is 0. The van der Waals surface area contributed by atoms with E-state index in [0.29, 0.717) is 12.4 Å². The maximum Gasteiger partial charge on any atom is 0.223 e. The van der Waals surface area contributed by atoms with E-state index in [1.807, 2.05) is 5.38 Å². The highest BCUT2D eigenvalue weighted by Crippen LogP contribution is 2.24. The first-order valence-electron chi connectivity index (χ1n) is 6.97. The molecule has 1 amide bonds. The van der Waals surface area contributed by atoms with Crippen LogP contribution in [0, 0.1) is 5.92 Å². The molecule has 0 radical (unpaired) electrons. The molecule has 0 saturated heterocycles. The number of nitrogens with one attached hydrogen (secondary N) is 1. The predicted molar refractivity (Wildman–Crippen MR) is 80.3 cm³/mol. The van der Waals surface area contributed by atoms with Crippen molar-refractivity contribution in [3.8, 4) is 10.8 Å². The Morgan fingerprint density at radius 1 is 1.38 bits per heavy atom. The van der Waals surface area contributed by atoms with Crippen LogP contribution < -0.4 is 11.1 Å². The van der Waals surface area contributed by atoms with Gasteiger partial charge in [-0.2, -0.15) is 0 Å². The molecule has 3 rings (SSSR count). The van der Waals surface area contributed by atoms with Gasteiger partial charge in [0, 0.05) is 29.7 Å². The van der Waals surface area contributed by atoms with Gasteiger partial charge in [0.25, 0.3) is 0 Å². The summed E-state index contributed by atoms with van der Waals surface area (Å²) in [6.07, 6.45) is 5.98. The molecule has 7 heteroatoms. The maximum atomic E-state index is 12.0. The van der Waals surface area contributed by atoms with Crippen LogP contribution in [0.4, 0.5) is 0 Å². The van der Waals surface area contributed by atoms with Gasteiger partial charge >= 0.3 is 0 Å². The molecule has 6 nitrogen and oxygen atoms in total. The molecule has 3 N–H and O–H groups in total. The molecule has 1 aliphatic carbocycles.